The number of aryl methyl sites for hydroxylation is 1. The number of hydrogen-bond acceptors (Lipinski definition) is 7. The van der Waals surface area contributed by atoms with Crippen LogP contribution in [0.2, 0.25) is 0 Å². The van der Waals surface area contributed by atoms with Gasteiger partial charge >= 0.3 is 6.36 Å². The molecule has 0 bridgehead atoms. The molecule has 0 spiro atoms. The summed E-state index contributed by atoms with van der Waals surface area (Å²) in [6.07, 6.45) is 0.299. The van der Waals surface area contributed by atoms with Crippen LogP contribution >= 0.6 is 0 Å². The van der Waals surface area contributed by atoms with Crippen LogP contribution in [0.3, 0.4) is 0 Å². The van der Waals surface area contributed by atoms with Gasteiger partial charge < -0.3 is 20.7 Å². The van der Waals surface area contributed by atoms with Crippen molar-refractivity contribution in [3.8, 4) is 16.9 Å². The van der Waals surface area contributed by atoms with Crippen molar-refractivity contribution in [2.45, 2.75) is 6.36 Å². The second-order valence-corrected chi connectivity index (χ2v) is 7.72. The van der Waals surface area contributed by atoms with Gasteiger partial charge in [-0.25, -0.2) is 13.8 Å². The van der Waals surface area contributed by atoms with Crippen LogP contribution in [0.4, 0.5) is 50.8 Å². The molecule has 196 valence electrons. The summed E-state index contributed by atoms with van der Waals surface area (Å²) in [6, 6.07) is 6.10. The summed E-state index contributed by atoms with van der Waals surface area (Å²) in [4.78, 5) is 20.1. The van der Waals surface area contributed by atoms with Crippen molar-refractivity contribution in [1.82, 2.24) is 19.7 Å². The molecule has 0 saturated carbocycles. The second kappa shape index (κ2) is 10.5. The van der Waals surface area contributed by atoms with Gasteiger partial charge in [-0.15, -0.1) is 13.2 Å². The van der Waals surface area contributed by atoms with Gasteiger partial charge in [0, 0.05) is 36.8 Å². The molecule has 14 heteroatoms. The summed E-state index contributed by atoms with van der Waals surface area (Å²) in [5.74, 6) is -3.19. The molecular weight excluding hydrogens is 513 g/mol. The van der Waals surface area contributed by atoms with Crippen molar-refractivity contribution < 1.29 is 31.5 Å². The first-order valence-electron chi connectivity index (χ1n) is 10.7. The molecule has 0 fully saturated rings. The van der Waals surface area contributed by atoms with Crippen LogP contribution in [0, 0.1) is 11.6 Å². The van der Waals surface area contributed by atoms with Crippen molar-refractivity contribution in [3.05, 3.63) is 79.3 Å². The minimum atomic E-state index is -5.06. The fraction of sp³-hybridized carbons (Fsp3) is 0.0833. The molecule has 1 amide bonds. The Morgan fingerprint density at radius 2 is 1.87 bits per heavy atom. The maximum absolute atomic E-state index is 14.7. The molecule has 2 aromatic heterocycles. The van der Waals surface area contributed by atoms with Crippen molar-refractivity contribution in [3.63, 3.8) is 0 Å². The molecule has 0 unspecified atom stereocenters. The molecule has 0 atom stereocenters. The summed E-state index contributed by atoms with van der Waals surface area (Å²) in [5, 5.41) is 12.1. The summed E-state index contributed by atoms with van der Waals surface area (Å²) < 4.78 is 72.6. The highest BCUT2D eigenvalue weighted by atomic mass is 19.4. The van der Waals surface area contributed by atoms with Crippen molar-refractivity contribution in [1.29, 1.82) is 0 Å². The average Bonchev–Trinajstić information content (AvgIpc) is 3.24. The summed E-state index contributed by atoms with van der Waals surface area (Å²) in [7, 11) is 1.69. The molecule has 38 heavy (non-hydrogen) atoms. The van der Waals surface area contributed by atoms with Gasteiger partial charge in [-0.2, -0.15) is 10.1 Å². The Kier molecular flexibility index (Phi) is 7.23. The Hall–Kier alpha value is -5.01. The van der Waals surface area contributed by atoms with Gasteiger partial charge in [0.2, 0.25) is 11.9 Å². The van der Waals surface area contributed by atoms with Crippen molar-refractivity contribution >= 4 is 34.7 Å². The van der Waals surface area contributed by atoms with E-state index in [1.165, 1.54) is 29.2 Å². The number of carbonyl (C=O) groups is 1. The van der Waals surface area contributed by atoms with Gasteiger partial charge in [-0.05, 0) is 42.0 Å². The maximum Gasteiger partial charge on any atom is 0.573 e. The van der Waals surface area contributed by atoms with Gasteiger partial charge in [0.1, 0.15) is 23.2 Å². The van der Waals surface area contributed by atoms with Gasteiger partial charge in [0.25, 0.3) is 0 Å². The quantitative estimate of drug-likeness (QED) is 0.199. The predicted octanol–water partition coefficient (Wildman–Crippen LogP) is 5.67. The first-order chi connectivity index (χ1) is 18.0. The molecule has 2 heterocycles. The first-order valence-corrected chi connectivity index (χ1v) is 10.7. The smallest absolute Gasteiger partial charge is 0.406 e. The minimum Gasteiger partial charge on any atom is -0.406 e. The molecule has 3 N–H and O–H groups in total. The van der Waals surface area contributed by atoms with E-state index in [0.717, 1.165) is 24.3 Å². The summed E-state index contributed by atoms with van der Waals surface area (Å²) in [5.41, 5.74) is 0.513. The molecular formula is C24H18F5N7O2. The van der Waals surface area contributed by atoms with Crippen molar-refractivity contribution in [2.24, 2.45) is 7.05 Å². The van der Waals surface area contributed by atoms with Gasteiger partial charge in [0.15, 0.2) is 0 Å². The Balaban J connectivity index is 1.78. The third-order valence-electron chi connectivity index (χ3n) is 4.84. The lowest BCUT2D eigenvalue weighted by Gasteiger charge is -2.15. The monoisotopic (exact) mass is 531 g/mol. The maximum atomic E-state index is 14.7. The lowest BCUT2D eigenvalue weighted by Crippen LogP contribution is -2.17. The van der Waals surface area contributed by atoms with Gasteiger partial charge in [0.05, 0.1) is 17.6 Å². The van der Waals surface area contributed by atoms with Crippen LogP contribution in [0.1, 0.15) is 0 Å². The largest absolute Gasteiger partial charge is 0.573 e. The summed E-state index contributed by atoms with van der Waals surface area (Å²) >= 11 is 0. The molecule has 2 aromatic carbocycles. The molecule has 0 aliphatic rings. The number of nitrogens with one attached hydrogen (secondary N) is 3. The van der Waals surface area contributed by atoms with E-state index in [1.54, 1.807) is 13.2 Å². The zero-order chi connectivity index (χ0) is 27.4. The molecule has 4 rings (SSSR count). The van der Waals surface area contributed by atoms with Crippen LogP contribution in [-0.2, 0) is 11.8 Å². The van der Waals surface area contributed by atoms with E-state index in [2.05, 4.69) is 42.3 Å². The highest BCUT2D eigenvalue weighted by Gasteiger charge is 2.31. The molecule has 4 aromatic rings. The lowest BCUT2D eigenvalue weighted by molar-refractivity contribution is -0.274. The number of amides is 1. The van der Waals surface area contributed by atoms with E-state index >= 15 is 0 Å². The topological polar surface area (TPSA) is 106 Å². The van der Waals surface area contributed by atoms with E-state index in [0.29, 0.717) is 11.8 Å². The SMILES string of the molecule is C=CC(=O)Nc1ccc(F)c(Nc2nc(Nc3cnn(C)c3)ncc2-c2cc(F)cc(OC(F)(F)F)c2)c1. The van der Waals surface area contributed by atoms with E-state index in [9.17, 15) is 26.7 Å². The molecule has 0 saturated heterocycles. The van der Waals surface area contributed by atoms with Gasteiger partial charge in [-0.1, -0.05) is 6.58 Å². The number of anilines is 5. The second-order valence-electron chi connectivity index (χ2n) is 7.72. The van der Waals surface area contributed by atoms with E-state index in [1.807, 2.05) is 0 Å². The van der Waals surface area contributed by atoms with Gasteiger partial charge in [-0.3, -0.25) is 9.48 Å². The van der Waals surface area contributed by atoms with Crippen LogP contribution < -0.4 is 20.7 Å². The highest BCUT2D eigenvalue weighted by molar-refractivity contribution is 5.99. The fourth-order valence-corrected chi connectivity index (χ4v) is 3.29. The third kappa shape index (κ3) is 6.60. The zero-order valence-electron chi connectivity index (χ0n) is 19.5. The standard InChI is InChI=1S/C24H18F5N7O2/c1-3-21(37)32-15-4-5-19(26)20(9-15)34-22-18(11-30-23(35-22)33-16-10-31-36(2)12-16)13-6-14(25)8-17(7-13)38-24(27,28)29/h3-12H,1H2,2H3,(H,32,37)(H2,30,33,34,35). The van der Waals surface area contributed by atoms with E-state index < -0.39 is 29.7 Å². The zero-order valence-corrected chi connectivity index (χ0v) is 19.5. The minimum absolute atomic E-state index is 0.0175. The van der Waals surface area contributed by atoms with Crippen LogP contribution in [0.15, 0.2) is 67.6 Å². The molecule has 0 aliphatic heterocycles. The Morgan fingerprint density at radius 3 is 2.55 bits per heavy atom. The van der Waals surface area contributed by atoms with Crippen LogP contribution in [-0.4, -0.2) is 32.0 Å². The Bertz CT molecular complexity index is 1500. The number of nitrogens with zero attached hydrogens (tertiary/aromatic N) is 4. The Morgan fingerprint density at radius 1 is 1.08 bits per heavy atom. The highest BCUT2D eigenvalue weighted by Crippen LogP contribution is 2.35. The third-order valence-corrected chi connectivity index (χ3v) is 4.84. The number of alkyl halides is 3. The fourth-order valence-electron chi connectivity index (χ4n) is 3.29. The lowest BCUT2D eigenvalue weighted by atomic mass is 10.1. The van der Waals surface area contributed by atoms with Crippen molar-refractivity contribution in [2.75, 3.05) is 16.0 Å². The molecule has 9 nitrogen and oxygen atoms in total. The number of halogens is 5. The van der Waals surface area contributed by atoms with E-state index in [4.69, 9.17) is 0 Å². The average molecular weight is 531 g/mol. The number of aromatic nitrogens is 4. The van der Waals surface area contributed by atoms with Crippen LogP contribution in [0.25, 0.3) is 11.1 Å². The summed E-state index contributed by atoms with van der Waals surface area (Å²) in [6.45, 7) is 3.35. The first kappa shape index (κ1) is 26.1. The van der Waals surface area contributed by atoms with Crippen LogP contribution in [0.5, 0.6) is 5.75 Å². The van der Waals surface area contributed by atoms with E-state index in [-0.39, 0.29) is 34.3 Å². The molecule has 0 radical (unpaired) electrons. The predicted molar refractivity (Wildman–Crippen MR) is 129 cm³/mol. The number of ether oxygens (including phenoxy) is 1. The normalized spacial score (nSPS) is 11.1. The number of rotatable bonds is 8. The Labute approximate surface area is 212 Å². The number of hydrogen-bond donors (Lipinski definition) is 3. The number of carbonyl (C=O) groups excluding carboxylic acids is 1. The molecule has 0 aliphatic carbocycles. The number of benzene rings is 2.